The molecule has 0 spiro atoms. The molecule has 3 rings (SSSR count). The number of carbonyl (C=O) groups is 1. The number of rotatable bonds is 9. The zero-order valence-corrected chi connectivity index (χ0v) is 16.4. The summed E-state index contributed by atoms with van der Waals surface area (Å²) in [6, 6.07) is 16.4. The molecule has 0 aliphatic rings. The maximum absolute atomic E-state index is 13.0. The lowest BCUT2D eigenvalue weighted by Gasteiger charge is -2.15. The molecule has 0 saturated carbocycles. The van der Waals surface area contributed by atoms with E-state index >= 15 is 0 Å². The molecule has 0 unspecified atom stereocenters. The van der Waals surface area contributed by atoms with Crippen molar-refractivity contribution in [1.29, 1.82) is 0 Å². The number of hydrogen-bond donors (Lipinski definition) is 2. The van der Waals surface area contributed by atoms with E-state index in [0.29, 0.717) is 5.75 Å². The molecule has 2 N–H and O–H groups in total. The maximum atomic E-state index is 13.0. The molecule has 9 heteroatoms. The number of nitrogens with one attached hydrogen (secondary N) is 1. The van der Waals surface area contributed by atoms with Crippen LogP contribution in [0.2, 0.25) is 0 Å². The van der Waals surface area contributed by atoms with E-state index in [0.717, 1.165) is 15.7 Å². The molecule has 3 aromatic rings. The first kappa shape index (κ1) is 20.8. The molecule has 0 aliphatic heterocycles. The van der Waals surface area contributed by atoms with Gasteiger partial charge in [0.05, 0.1) is 6.54 Å². The minimum absolute atomic E-state index is 0.0370. The Morgan fingerprint density at radius 2 is 1.77 bits per heavy atom. The fourth-order valence-corrected chi connectivity index (χ4v) is 2.80. The summed E-state index contributed by atoms with van der Waals surface area (Å²) >= 11 is 0. The van der Waals surface area contributed by atoms with E-state index in [1.165, 1.54) is 4.57 Å². The van der Waals surface area contributed by atoms with Crippen molar-refractivity contribution in [2.75, 3.05) is 5.48 Å². The Balaban J connectivity index is 1.94. The first-order chi connectivity index (χ1) is 14.4. The summed E-state index contributed by atoms with van der Waals surface area (Å²) in [5.41, 5.74) is 3.13. The Kier molecular flexibility index (Phi) is 6.63. The van der Waals surface area contributed by atoms with Crippen molar-refractivity contribution in [3.63, 3.8) is 0 Å². The summed E-state index contributed by atoms with van der Waals surface area (Å²) in [6.07, 6.45) is -0.00898. The van der Waals surface area contributed by atoms with Crippen LogP contribution < -0.4 is 21.7 Å². The molecule has 0 radical (unpaired) electrons. The second kappa shape index (κ2) is 9.55. The number of aryl methyl sites for hydroxylation is 1. The van der Waals surface area contributed by atoms with Crippen LogP contribution in [0.5, 0.6) is 5.75 Å². The van der Waals surface area contributed by atoms with Crippen LogP contribution >= 0.6 is 0 Å². The molecule has 30 heavy (non-hydrogen) atoms. The van der Waals surface area contributed by atoms with Crippen LogP contribution in [0.3, 0.4) is 0 Å². The molecule has 0 bridgehead atoms. The Hall–Kier alpha value is -3.88. The van der Waals surface area contributed by atoms with Crippen LogP contribution in [-0.2, 0) is 17.9 Å². The summed E-state index contributed by atoms with van der Waals surface area (Å²) in [5.74, 6) is -0.547. The van der Waals surface area contributed by atoms with Gasteiger partial charge in [-0.25, -0.2) is 14.2 Å². The van der Waals surface area contributed by atoms with Crippen molar-refractivity contribution in [3.05, 3.63) is 86.7 Å². The van der Waals surface area contributed by atoms with Gasteiger partial charge < -0.3 is 9.94 Å². The van der Waals surface area contributed by atoms with Gasteiger partial charge in [0.2, 0.25) is 5.95 Å². The molecule has 0 fully saturated rings. The molecular formula is C21H22N4O5. The van der Waals surface area contributed by atoms with Gasteiger partial charge in [0.15, 0.2) is 5.75 Å². The number of hydrogen-bond acceptors (Lipinski definition) is 6. The van der Waals surface area contributed by atoms with Gasteiger partial charge in [-0.15, -0.1) is 0 Å². The topological polar surface area (TPSA) is 115 Å². The van der Waals surface area contributed by atoms with E-state index in [2.05, 4.69) is 10.5 Å². The lowest BCUT2D eigenvalue weighted by molar-refractivity contribution is -0.137. The third-order valence-electron chi connectivity index (χ3n) is 4.39. The molecule has 2 aromatic carbocycles. The number of nitrogens with zero attached hydrogens (tertiary/aromatic N) is 3. The molecule has 0 saturated heterocycles. The van der Waals surface area contributed by atoms with Crippen molar-refractivity contribution in [1.82, 2.24) is 14.1 Å². The van der Waals surface area contributed by atoms with Crippen molar-refractivity contribution in [2.24, 2.45) is 0 Å². The van der Waals surface area contributed by atoms with Gasteiger partial charge in [0, 0.05) is 13.0 Å². The second-order valence-electron chi connectivity index (χ2n) is 6.74. The fraction of sp³-hybridized carbons (Fsp3) is 0.238. The fourth-order valence-electron chi connectivity index (χ4n) is 2.80. The molecule has 1 aromatic heterocycles. The third-order valence-corrected chi connectivity index (χ3v) is 4.39. The highest BCUT2D eigenvalue weighted by Gasteiger charge is 2.14. The number of benzene rings is 2. The van der Waals surface area contributed by atoms with Crippen LogP contribution in [0.25, 0.3) is 0 Å². The van der Waals surface area contributed by atoms with Crippen LogP contribution in [0.4, 0.5) is 5.95 Å². The Morgan fingerprint density at radius 1 is 1.07 bits per heavy atom. The predicted molar refractivity (Wildman–Crippen MR) is 111 cm³/mol. The van der Waals surface area contributed by atoms with Gasteiger partial charge in [0.25, 0.3) is 0 Å². The third kappa shape index (κ3) is 5.34. The lowest BCUT2D eigenvalue weighted by atomic mass is 10.1. The summed E-state index contributed by atoms with van der Waals surface area (Å²) in [4.78, 5) is 45.6. The van der Waals surface area contributed by atoms with Crippen molar-refractivity contribution in [3.8, 4) is 5.75 Å². The van der Waals surface area contributed by atoms with Crippen LogP contribution in [0.15, 0.2) is 64.2 Å². The van der Waals surface area contributed by atoms with Crippen LogP contribution in [0, 0.1) is 6.92 Å². The summed E-state index contributed by atoms with van der Waals surface area (Å²) in [7, 11) is 0. The highest BCUT2D eigenvalue weighted by atomic mass is 16.6. The van der Waals surface area contributed by atoms with E-state index in [-0.39, 0.29) is 31.9 Å². The van der Waals surface area contributed by atoms with Crippen LogP contribution in [-0.4, -0.2) is 25.2 Å². The Bertz CT molecular complexity index is 1120. The molecule has 156 valence electrons. The van der Waals surface area contributed by atoms with E-state index in [4.69, 9.17) is 9.94 Å². The average Bonchev–Trinajstić information content (AvgIpc) is 2.73. The van der Waals surface area contributed by atoms with Crippen molar-refractivity contribution < 1.29 is 14.7 Å². The zero-order chi connectivity index (χ0) is 21.5. The maximum Gasteiger partial charge on any atom is 0.355 e. The number of aromatic nitrogens is 3. The Morgan fingerprint density at radius 3 is 2.43 bits per heavy atom. The Labute approximate surface area is 172 Å². The van der Waals surface area contributed by atoms with Crippen molar-refractivity contribution >= 4 is 11.9 Å². The molecular weight excluding hydrogens is 388 g/mol. The standard InChI is InChI=1S/C21H22N4O5/c1-15-9-11-16(12-10-15)14-25-19(23-30-17-6-3-2-4-7-17)22-20(28)24(21(25)29)13-5-8-18(26)27/h2-4,6-7,9-12H,5,8,13-14H2,1H3,(H,26,27)(H,22,23,28). The van der Waals surface area contributed by atoms with Crippen LogP contribution in [0.1, 0.15) is 24.0 Å². The van der Waals surface area contributed by atoms with Gasteiger partial charge in [-0.3, -0.25) is 9.36 Å². The number of anilines is 1. The molecule has 9 nitrogen and oxygen atoms in total. The molecule has 0 atom stereocenters. The quantitative estimate of drug-likeness (QED) is 0.519. The first-order valence-corrected chi connectivity index (χ1v) is 9.41. The van der Waals surface area contributed by atoms with E-state index in [9.17, 15) is 14.4 Å². The number of carboxylic acids is 1. The highest BCUT2D eigenvalue weighted by molar-refractivity contribution is 5.66. The second-order valence-corrected chi connectivity index (χ2v) is 6.74. The number of para-hydroxylation sites is 1. The number of aliphatic carboxylic acids is 1. The van der Waals surface area contributed by atoms with E-state index in [1.54, 1.807) is 24.3 Å². The van der Waals surface area contributed by atoms with E-state index < -0.39 is 17.3 Å². The lowest BCUT2D eigenvalue weighted by Crippen LogP contribution is -2.43. The average molecular weight is 410 g/mol. The van der Waals surface area contributed by atoms with E-state index in [1.807, 2.05) is 37.3 Å². The predicted octanol–water partition coefficient (Wildman–Crippen LogP) is 2.03. The van der Waals surface area contributed by atoms with Gasteiger partial charge >= 0.3 is 17.3 Å². The first-order valence-electron chi connectivity index (χ1n) is 9.41. The summed E-state index contributed by atoms with van der Waals surface area (Å²) < 4.78 is 2.22. The largest absolute Gasteiger partial charge is 0.481 e. The van der Waals surface area contributed by atoms with Gasteiger partial charge in [-0.1, -0.05) is 48.0 Å². The minimum atomic E-state index is -0.995. The van der Waals surface area contributed by atoms with Gasteiger partial charge in [0.1, 0.15) is 0 Å². The summed E-state index contributed by atoms with van der Waals surface area (Å²) in [5, 5.41) is 8.81. The monoisotopic (exact) mass is 410 g/mol. The smallest absolute Gasteiger partial charge is 0.355 e. The molecule has 0 amide bonds. The molecule has 1 heterocycles. The highest BCUT2D eigenvalue weighted by Crippen LogP contribution is 2.11. The van der Waals surface area contributed by atoms with Gasteiger partial charge in [-0.05, 0) is 31.0 Å². The zero-order valence-electron chi connectivity index (χ0n) is 16.4. The summed E-state index contributed by atoms with van der Waals surface area (Å²) in [6.45, 7) is 2.08. The van der Waals surface area contributed by atoms with Gasteiger partial charge in [-0.2, -0.15) is 10.5 Å². The number of carboxylic acid groups (broad SMARTS) is 1. The SMILES string of the molecule is Cc1ccc(Cn2c(NOc3ccccc3)nc(=O)n(CCCC(=O)O)c2=O)cc1. The minimum Gasteiger partial charge on any atom is -0.481 e. The van der Waals surface area contributed by atoms with Crippen molar-refractivity contribution in [2.45, 2.75) is 32.9 Å². The normalized spacial score (nSPS) is 10.6. The molecule has 0 aliphatic carbocycles.